The van der Waals surface area contributed by atoms with Gasteiger partial charge in [0.2, 0.25) is 5.91 Å². The summed E-state index contributed by atoms with van der Waals surface area (Å²) in [6, 6.07) is 19.0. The van der Waals surface area contributed by atoms with Crippen LogP contribution >= 0.6 is 23.1 Å². The van der Waals surface area contributed by atoms with Gasteiger partial charge in [-0.25, -0.2) is 0 Å². The first-order valence-corrected chi connectivity index (χ1v) is 14.4. The number of amides is 3. The lowest BCUT2D eigenvalue weighted by atomic mass is 9.97. The minimum atomic E-state index is -1.53. The van der Waals surface area contributed by atoms with Crippen LogP contribution in [0.3, 0.4) is 0 Å². The number of rotatable bonds is 9. The molecule has 1 saturated heterocycles. The van der Waals surface area contributed by atoms with Crippen molar-refractivity contribution in [2.24, 2.45) is 0 Å². The molecule has 0 spiro atoms. The third-order valence-corrected chi connectivity index (χ3v) is 9.03. The molecule has 1 aromatic heterocycles. The summed E-state index contributed by atoms with van der Waals surface area (Å²) >= 11 is 2.78. The number of aliphatic hydroxyl groups is 1. The van der Waals surface area contributed by atoms with Gasteiger partial charge in [0.25, 0.3) is 11.8 Å². The van der Waals surface area contributed by atoms with Gasteiger partial charge in [-0.1, -0.05) is 60.7 Å². The summed E-state index contributed by atoms with van der Waals surface area (Å²) < 4.78 is -0.555. The summed E-state index contributed by atoms with van der Waals surface area (Å²) in [7, 11) is 0. The molecule has 0 aliphatic carbocycles. The quantitative estimate of drug-likeness (QED) is 0.376. The number of thioether (sulfide) groups is 1. The van der Waals surface area contributed by atoms with Crippen LogP contribution in [0.5, 0.6) is 0 Å². The number of aryl methyl sites for hydroxylation is 1. The molecule has 0 saturated carbocycles. The van der Waals surface area contributed by atoms with Crippen LogP contribution < -0.4 is 10.6 Å². The van der Waals surface area contributed by atoms with Crippen LogP contribution in [0, 0.1) is 6.92 Å². The molecule has 3 atom stereocenters. The van der Waals surface area contributed by atoms with Crippen molar-refractivity contribution in [3.63, 3.8) is 0 Å². The van der Waals surface area contributed by atoms with Crippen molar-refractivity contribution in [2.75, 3.05) is 5.88 Å². The first-order chi connectivity index (χ1) is 18.2. The monoisotopic (exact) mass is 551 g/mol. The van der Waals surface area contributed by atoms with E-state index in [1.54, 1.807) is 17.5 Å². The van der Waals surface area contributed by atoms with Crippen LogP contribution in [0.4, 0.5) is 0 Å². The standard InChI is InChI=1S/C29H33N3O4S2/c1-19-10-7-8-13-21(19)17-30-27(35)25-29(2,3)38-18-32(25)28(36)24(33)22(16-20-11-5-4-6-12-20)31-26(34)23-14-9-15-37-23/h4-15,22,24-25,33H,16-18H2,1-3H3,(H,30,35)(H,31,34)/t22?,24-,25+/m0/s1. The third kappa shape index (κ3) is 6.46. The van der Waals surface area contributed by atoms with Gasteiger partial charge in [0.05, 0.1) is 16.8 Å². The molecule has 7 nitrogen and oxygen atoms in total. The molecule has 200 valence electrons. The molecule has 1 aliphatic heterocycles. The van der Waals surface area contributed by atoms with E-state index in [2.05, 4.69) is 10.6 Å². The number of benzene rings is 2. The molecule has 0 radical (unpaired) electrons. The van der Waals surface area contributed by atoms with Crippen molar-refractivity contribution in [1.82, 2.24) is 15.5 Å². The number of hydrogen-bond donors (Lipinski definition) is 3. The van der Waals surface area contributed by atoms with Gasteiger partial charge in [0.1, 0.15) is 6.04 Å². The maximum Gasteiger partial charge on any atom is 0.261 e. The van der Waals surface area contributed by atoms with Crippen LogP contribution in [-0.2, 0) is 22.6 Å². The number of carbonyl (C=O) groups is 3. The lowest BCUT2D eigenvalue weighted by Crippen LogP contribution is -2.58. The van der Waals surface area contributed by atoms with Gasteiger partial charge in [-0.2, -0.15) is 0 Å². The first-order valence-electron chi connectivity index (χ1n) is 12.5. The van der Waals surface area contributed by atoms with E-state index in [4.69, 9.17) is 0 Å². The van der Waals surface area contributed by atoms with Gasteiger partial charge in [-0.3, -0.25) is 14.4 Å². The van der Waals surface area contributed by atoms with Crippen LogP contribution in [0.25, 0.3) is 0 Å². The van der Waals surface area contributed by atoms with E-state index >= 15 is 0 Å². The van der Waals surface area contributed by atoms with E-state index in [0.717, 1.165) is 16.7 Å². The van der Waals surface area contributed by atoms with Crippen molar-refractivity contribution in [3.05, 3.63) is 93.7 Å². The highest BCUT2D eigenvalue weighted by molar-refractivity contribution is 8.00. The Labute approximate surface area is 231 Å². The number of carbonyl (C=O) groups excluding carboxylic acids is 3. The van der Waals surface area contributed by atoms with Crippen LogP contribution in [0.1, 0.15) is 40.2 Å². The summed E-state index contributed by atoms with van der Waals surface area (Å²) in [5.74, 6) is -0.934. The zero-order chi connectivity index (χ0) is 27.3. The van der Waals surface area contributed by atoms with Gasteiger partial charge < -0.3 is 20.6 Å². The van der Waals surface area contributed by atoms with Crippen LogP contribution in [0.2, 0.25) is 0 Å². The maximum atomic E-state index is 13.7. The average molecular weight is 552 g/mol. The van der Waals surface area contributed by atoms with Crippen molar-refractivity contribution in [3.8, 4) is 0 Å². The summed E-state index contributed by atoms with van der Waals surface area (Å²) in [4.78, 5) is 41.9. The molecule has 9 heteroatoms. The normalized spacial score (nSPS) is 18.0. The number of thiophene rings is 1. The van der Waals surface area contributed by atoms with Crippen LogP contribution in [0.15, 0.2) is 72.1 Å². The second-order valence-corrected chi connectivity index (χ2v) is 12.5. The van der Waals surface area contributed by atoms with Gasteiger partial charge in [0, 0.05) is 11.3 Å². The molecule has 3 aromatic rings. The molecule has 38 heavy (non-hydrogen) atoms. The fourth-order valence-corrected chi connectivity index (χ4v) is 6.37. The van der Waals surface area contributed by atoms with E-state index in [1.807, 2.05) is 75.4 Å². The molecular weight excluding hydrogens is 518 g/mol. The summed E-state index contributed by atoms with van der Waals surface area (Å²) in [5, 5.41) is 19.0. The molecule has 2 heterocycles. The van der Waals surface area contributed by atoms with Crippen molar-refractivity contribution < 1.29 is 19.5 Å². The van der Waals surface area contributed by atoms with E-state index < -0.39 is 28.8 Å². The van der Waals surface area contributed by atoms with E-state index in [0.29, 0.717) is 11.4 Å². The zero-order valence-electron chi connectivity index (χ0n) is 21.7. The largest absolute Gasteiger partial charge is 0.381 e. The highest BCUT2D eigenvalue weighted by Gasteiger charge is 2.49. The fraction of sp³-hybridized carbons (Fsp3) is 0.345. The SMILES string of the molecule is Cc1ccccc1CNC(=O)[C@H]1N(C(=O)[C@@H](O)C(Cc2ccccc2)NC(=O)c2cccs2)CSC1(C)C. The zero-order valence-corrected chi connectivity index (χ0v) is 23.4. The molecule has 3 amide bonds. The van der Waals surface area contributed by atoms with Crippen molar-refractivity contribution >= 4 is 40.8 Å². The molecule has 1 unspecified atom stereocenters. The number of hydrogen-bond acceptors (Lipinski definition) is 6. The van der Waals surface area contributed by atoms with E-state index in [1.165, 1.54) is 28.0 Å². The topological polar surface area (TPSA) is 98.7 Å². The lowest BCUT2D eigenvalue weighted by molar-refractivity contribution is -0.147. The minimum Gasteiger partial charge on any atom is -0.381 e. The fourth-order valence-electron chi connectivity index (χ4n) is 4.60. The smallest absolute Gasteiger partial charge is 0.261 e. The van der Waals surface area contributed by atoms with Gasteiger partial charge >= 0.3 is 0 Å². The predicted molar refractivity (Wildman–Crippen MR) is 152 cm³/mol. The van der Waals surface area contributed by atoms with Crippen LogP contribution in [-0.4, -0.2) is 56.5 Å². The first kappa shape index (κ1) is 27.9. The van der Waals surface area contributed by atoms with Gasteiger partial charge in [-0.15, -0.1) is 23.1 Å². The highest BCUT2D eigenvalue weighted by Crippen LogP contribution is 2.40. The summed E-state index contributed by atoms with van der Waals surface area (Å²) in [6.45, 7) is 6.19. The number of nitrogens with zero attached hydrogens (tertiary/aromatic N) is 1. The Morgan fingerprint density at radius 2 is 1.76 bits per heavy atom. The summed E-state index contributed by atoms with van der Waals surface area (Å²) in [6.07, 6.45) is -1.26. The van der Waals surface area contributed by atoms with Gasteiger partial charge in [-0.05, 0) is 55.3 Å². The Balaban J connectivity index is 1.52. The Morgan fingerprint density at radius 1 is 1.05 bits per heavy atom. The molecule has 4 rings (SSSR count). The molecule has 1 aliphatic rings. The van der Waals surface area contributed by atoms with Crippen molar-refractivity contribution in [2.45, 2.75) is 56.7 Å². The lowest BCUT2D eigenvalue weighted by Gasteiger charge is -2.33. The van der Waals surface area contributed by atoms with E-state index in [-0.39, 0.29) is 24.1 Å². The Morgan fingerprint density at radius 3 is 2.45 bits per heavy atom. The predicted octanol–water partition coefficient (Wildman–Crippen LogP) is 3.76. The second-order valence-electron chi connectivity index (χ2n) is 9.92. The van der Waals surface area contributed by atoms with E-state index in [9.17, 15) is 19.5 Å². The maximum absolute atomic E-state index is 13.7. The molecule has 0 bridgehead atoms. The van der Waals surface area contributed by atoms with Gasteiger partial charge in [0.15, 0.2) is 6.10 Å². The Hall–Kier alpha value is -3.14. The molecular formula is C29H33N3O4S2. The molecule has 1 fully saturated rings. The number of aliphatic hydroxyl groups excluding tert-OH is 1. The van der Waals surface area contributed by atoms with Crippen molar-refractivity contribution in [1.29, 1.82) is 0 Å². The molecule has 3 N–H and O–H groups in total. The second kappa shape index (κ2) is 12.1. The highest BCUT2D eigenvalue weighted by atomic mass is 32.2. The summed E-state index contributed by atoms with van der Waals surface area (Å²) in [5.41, 5.74) is 2.95. The minimum absolute atomic E-state index is 0.263. The Bertz CT molecular complexity index is 1260. The average Bonchev–Trinajstić information content (AvgIpc) is 3.55. The third-order valence-electron chi connectivity index (χ3n) is 6.79. The Kier molecular flexibility index (Phi) is 8.91. The molecule has 2 aromatic carbocycles. The number of nitrogens with one attached hydrogen (secondary N) is 2.